The second-order valence-corrected chi connectivity index (χ2v) is 7.60. The fourth-order valence-corrected chi connectivity index (χ4v) is 3.62. The zero-order chi connectivity index (χ0) is 15.8. The van der Waals surface area contributed by atoms with Crippen LogP contribution in [0.4, 0.5) is 0 Å². The van der Waals surface area contributed by atoms with E-state index in [0.29, 0.717) is 6.42 Å². The molecule has 1 aliphatic rings. The first-order valence-corrected chi connectivity index (χ1v) is 9.51. The second-order valence-electron chi connectivity index (χ2n) is 5.67. The van der Waals surface area contributed by atoms with Crippen LogP contribution in [0.25, 0.3) is 0 Å². The Labute approximate surface area is 132 Å². The lowest BCUT2D eigenvalue weighted by molar-refractivity contribution is -0.130. The number of likely N-dealkylation sites (tertiary alicyclic amines) is 1. The number of nitrogens with zero attached hydrogens (tertiary/aromatic N) is 1. The quantitative estimate of drug-likeness (QED) is 0.827. The minimum atomic E-state index is -3.38. The molecule has 6 heteroatoms. The molecule has 0 saturated carbocycles. The Kier molecular flexibility index (Phi) is 6.39. The van der Waals surface area contributed by atoms with Crippen molar-refractivity contribution in [3.8, 4) is 0 Å². The molecule has 1 amide bonds. The lowest BCUT2D eigenvalue weighted by Crippen LogP contribution is -2.43. The van der Waals surface area contributed by atoms with Crippen LogP contribution >= 0.6 is 0 Å². The molecule has 0 radical (unpaired) electrons. The highest BCUT2D eigenvalue weighted by atomic mass is 32.2. The third kappa shape index (κ3) is 5.77. The summed E-state index contributed by atoms with van der Waals surface area (Å²) < 4.78 is 26.3. The van der Waals surface area contributed by atoms with E-state index in [4.69, 9.17) is 0 Å². The molecule has 1 aromatic carbocycles. The minimum Gasteiger partial charge on any atom is -0.342 e. The Hall–Kier alpha value is -1.40. The van der Waals surface area contributed by atoms with Gasteiger partial charge in [0, 0.05) is 13.1 Å². The van der Waals surface area contributed by atoms with Crippen LogP contribution in [0.5, 0.6) is 0 Å². The van der Waals surface area contributed by atoms with E-state index in [2.05, 4.69) is 4.72 Å². The van der Waals surface area contributed by atoms with Crippen molar-refractivity contribution >= 4 is 15.9 Å². The number of carbonyl (C=O) groups excluding carboxylic acids is 1. The van der Waals surface area contributed by atoms with Gasteiger partial charge >= 0.3 is 0 Å². The molecule has 0 unspecified atom stereocenters. The molecule has 22 heavy (non-hydrogen) atoms. The molecule has 0 aliphatic carbocycles. The largest absolute Gasteiger partial charge is 0.342 e. The molecule has 1 saturated heterocycles. The standard InChI is InChI=1S/C16H24N2O3S/c19-16(18-11-5-2-6-12-18)14-17-22(20,21)13-7-10-15-8-3-1-4-9-15/h1,3-4,8-9,17H,2,5-7,10-14H2. The number of carbonyl (C=O) groups is 1. The van der Waals surface area contributed by atoms with E-state index in [1.54, 1.807) is 4.90 Å². The first-order valence-electron chi connectivity index (χ1n) is 7.86. The summed E-state index contributed by atoms with van der Waals surface area (Å²) in [6, 6.07) is 9.80. The summed E-state index contributed by atoms with van der Waals surface area (Å²) in [5, 5.41) is 0. The average Bonchev–Trinajstić information content (AvgIpc) is 2.54. The van der Waals surface area contributed by atoms with Crippen LogP contribution < -0.4 is 4.72 Å². The van der Waals surface area contributed by atoms with Gasteiger partial charge < -0.3 is 4.90 Å². The Bertz CT molecular complexity index is 566. The number of sulfonamides is 1. The summed E-state index contributed by atoms with van der Waals surface area (Å²) in [7, 11) is -3.38. The number of piperidine rings is 1. The first-order chi connectivity index (χ1) is 10.6. The van der Waals surface area contributed by atoms with Crippen LogP contribution in [-0.2, 0) is 21.2 Å². The summed E-state index contributed by atoms with van der Waals surface area (Å²) in [6.07, 6.45) is 4.44. The number of hydrogen-bond donors (Lipinski definition) is 1. The molecule has 122 valence electrons. The number of benzene rings is 1. The summed E-state index contributed by atoms with van der Waals surface area (Å²) >= 11 is 0. The van der Waals surface area contributed by atoms with E-state index in [9.17, 15) is 13.2 Å². The molecule has 1 aromatic rings. The summed E-state index contributed by atoms with van der Waals surface area (Å²) in [6.45, 7) is 1.37. The predicted octanol–water partition coefficient (Wildman–Crippen LogP) is 1.55. The van der Waals surface area contributed by atoms with Gasteiger partial charge in [-0.2, -0.15) is 0 Å². The first kappa shape index (κ1) is 17.0. The molecular weight excluding hydrogens is 300 g/mol. The third-order valence-corrected chi connectivity index (χ3v) is 5.28. The molecule has 5 nitrogen and oxygen atoms in total. The van der Waals surface area contributed by atoms with Crippen molar-refractivity contribution in [3.05, 3.63) is 35.9 Å². The SMILES string of the molecule is O=C(CNS(=O)(=O)CCCc1ccccc1)N1CCCCC1. The van der Waals surface area contributed by atoms with Gasteiger partial charge in [-0.3, -0.25) is 4.79 Å². The van der Waals surface area contributed by atoms with Crippen LogP contribution in [0.2, 0.25) is 0 Å². The van der Waals surface area contributed by atoms with Crippen molar-refractivity contribution in [1.29, 1.82) is 0 Å². The van der Waals surface area contributed by atoms with Gasteiger partial charge in [0.15, 0.2) is 0 Å². The Balaban J connectivity index is 1.70. The number of amides is 1. The normalized spacial score (nSPS) is 15.7. The van der Waals surface area contributed by atoms with Crippen molar-refractivity contribution in [2.75, 3.05) is 25.4 Å². The van der Waals surface area contributed by atoms with E-state index in [1.165, 1.54) is 0 Å². The number of aryl methyl sites for hydroxylation is 1. The molecule has 0 aromatic heterocycles. The molecule has 2 rings (SSSR count). The lowest BCUT2D eigenvalue weighted by Gasteiger charge is -2.26. The van der Waals surface area contributed by atoms with Crippen molar-refractivity contribution in [3.63, 3.8) is 0 Å². The van der Waals surface area contributed by atoms with E-state index < -0.39 is 10.0 Å². The highest BCUT2D eigenvalue weighted by molar-refractivity contribution is 7.89. The van der Waals surface area contributed by atoms with Gasteiger partial charge in [-0.15, -0.1) is 0 Å². The topological polar surface area (TPSA) is 66.5 Å². The lowest BCUT2D eigenvalue weighted by atomic mass is 10.1. The maximum atomic E-state index is 11.9. The molecular formula is C16H24N2O3S. The molecule has 0 bridgehead atoms. The van der Waals surface area contributed by atoms with Gasteiger partial charge in [0.25, 0.3) is 0 Å². The van der Waals surface area contributed by atoms with Crippen LogP contribution in [-0.4, -0.2) is 44.6 Å². The van der Waals surface area contributed by atoms with Gasteiger partial charge in [0.2, 0.25) is 15.9 Å². The van der Waals surface area contributed by atoms with Crippen LogP contribution in [0.3, 0.4) is 0 Å². The molecule has 0 spiro atoms. The molecule has 1 N–H and O–H groups in total. The van der Waals surface area contributed by atoms with Gasteiger partial charge in [0.05, 0.1) is 12.3 Å². The predicted molar refractivity (Wildman–Crippen MR) is 87.0 cm³/mol. The fourth-order valence-electron chi connectivity index (χ4n) is 2.61. The molecule has 1 aliphatic heterocycles. The minimum absolute atomic E-state index is 0.0508. The third-order valence-electron chi connectivity index (χ3n) is 3.87. The summed E-state index contributed by atoms with van der Waals surface area (Å²) in [4.78, 5) is 13.7. The van der Waals surface area contributed by atoms with Gasteiger partial charge in [-0.05, 0) is 37.7 Å². The maximum Gasteiger partial charge on any atom is 0.237 e. The van der Waals surface area contributed by atoms with E-state index in [-0.39, 0.29) is 18.2 Å². The molecule has 1 heterocycles. The zero-order valence-corrected chi connectivity index (χ0v) is 13.6. The highest BCUT2D eigenvalue weighted by Gasteiger charge is 2.18. The average molecular weight is 324 g/mol. The maximum absolute atomic E-state index is 11.9. The van der Waals surface area contributed by atoms with Crippen LogP contribution in [0.15, 0.2) is 30.3 Å². The second kappa shape index (κ2) is 8.29. The molecule has 0 atom stereocenters. The fraction of sp³-hybridized carbons (Fsp3) is 0.562. The molecule has 1 fully saturated rings. The van der Waals surface area contributed by atoms with Crippen molar-refractivity contribution in [2.45, 2.75) is 32.1 Å². The van der Waals surface area contributed by atoms with Gasteiger partial charge in [-0.25, -0.2) is 13.1 Å². The Morgan fingerprint density at radius 1 is 1.09 bits per heavy atom. The van der Waals surface area contributed by atoms with Crippen molar-refractivity contribution in [2.24, 2.45) is 0 Å². The van der Waals surface area contributed by atoms with Gasteiger partial charge in [0.1, 0.15) is 0 Å². The number of nitrogens with one attached hydrogen (secondary N) is 1. The van der Waals surface area contributed by atoms with E-state index in [1.807, 2.05) is 30.3 Å². The smallest absolute Gasteiger partial charge is 0.237 e. The van der Waals surface area contributed by atoms with Crippen LogP contribution in [0, 0.1) is 0 Å². The van der Waals surface area contributed by atoms with Crippen LogP contribution in [0.1, 0.15) is 31.2 Å². The van der Waals surface area contributed by atoms with Crippen molar-refractivity contribution < 1.29 is 13.2 Å². The number of hydrogen-bond acceptors (Lipinski definition) is 3. The van der Waals surface area contributed by atoms with E-state index in [0.717, 1.165) is 44.3 Å². The zero-order valence-electron chi connectivity index (χ0n) is 12.8. The summed E-state index contributed by atoms with van der Waals surface area (Å²) in [5.74, 6) is -0.0684. The monoisotopic (exact) mass is 324 g/mol. The van der Waals surface area contributed by atoms with Gasteiger partial charge in [-0.1, -0.05) is 30.3 Å². The van der Waals surface area contributed by atoms with Crippen molar-refractivity contribution in [1.82, 2.24) is 9.62 Å². The Morgan fingerprint density at radius 3 is 2.45 bits per heavy atom. The highest BCUT2D eigenvalue weighted by Crippen LogP contribution is 2.08. The summed E-state index contributed by atoms with van der Waals surface area (Å²) in [5.41, 5.74) is 1.13. The Morgan fingerprint density at radius 2 is 1.77 bits per heavy atom. The number of rotatable bonds is 7. The van der Waals surface area contributed by atoms with E-state index >= 15 is 0 Å².